The smallest absolute Gasteiger partial charge is 0.303 e. The van der Waals surface area contributed by atoms with Crippen molar-refractivity contribution in [3.63, 3.8) is 0 Å². The summed E-state index contributed by atoms with van der Waals surface area (Å²) in [5.74, 6) is 0.943. The summed E-state index contributed by atoms with van der Waals surface area (Å²) in [6.07, 6.45) is 2.67. The van der Waals surface area contributed by atoms with Crippen LogP contribution in [0.25, 0.3) is 0 Å². The lowest BCUT2D eigenvalue weighted by molar-refractivity contribution is -0.138. The highest BCUT2D eigenvalue weighted by Gasteiger charge is 2.22. The molecule has 2 heterocycles. The van der Waals surface area contributed by atoms with Gasteiger partial charge in [-0.1, -0.05) is 13.8 Å². The van der Waals surface area contributed by atoms with E-state index in [0.717, 1.165) is 18.9 Å². The molecular formula is C16H23N3O3. The second-order valence-electron chi connectivity index (χ2n) is 6.20. The zero-order valence-corrected chi connectivity index (χ0v) is 13.1. The third kappa shape index (κ3) is 4.72. The van der Waals surface area contributed by atoms with Gasteiger partial charge >= 0.3 is 5.97 Å². The molecule has 0 spiro atoms. The van der Waals surface area contributed by atoms with Crippen LogP contribution in [0, 0.1) is 11.8 Å². The summed E-state index contributed by atoms with van der Waals surface area (Å²) in [7, 11) is 0. The van der Waals surface area contributed by atoms with Crippen molar-refractivity contribution in [3.05, 3.63) is 18.3 Å². The van der Waals surface area contributed by atoms with Crippen molar-refractivity contribution >= 4 is 23.4 Å². The zero-order chi connectivity index (χ0) is 16.1. The first-order valence-electron chi connectivity index (χ1n) is 7.66. The zero-order valence-electron chi connectivity index (χ0n) is 13.1. The van der Waals surface area contributed by atoms with Crippen LogP contribution in [-0.2, 0) is 9.59 Å². The van der Waals surface area contributed by atoms with Gasteiger partial charge in [0.05, 0.1) is 18.3 Å². The molecule has 1 amide bonds. The minimum Gasteiger partial charge on any atom is -0.481 e. The average molecular weight is 305 g/mol. The Hall–Kier alpha value is -2.11. The minimum absolute atomic E-state index is 0.0295. The van der Waals surface area contributed by atoms with Crippen LogP contribution in [-0.4, -0.2) is 35.1 Å². The molecule has 22 heavy (non-hydrogen) atoms. The highest BCUT2D eigenvalue weighted by molar-refractivity contribution is 5.92. The van der Waals surface area contributed by atoms with Crippen molar-refractivity contribution in [1.29, 1.82) is 0 Å². The van der Waals surface area contributed by atoms with E-state index in [0.29, 0.717) is 17.5 Å². The van der Waals surface area contributed by atoms with Gasteiger partial charge in [0.15, 0.2) is 0 Å². The van der Waals surface area contributed by atoms with Gasteiger partial charge in [-0.3, -0.25) is 9.59 Å². The summed E-state index contributed by atoms with van der Waals surface area (Å²) in [6.45, 7) is 6.50. The van der Waals surface area contributed by atoms with Gasteiger partial charge in [-0.2, -0.15) is 0 Å². The summed E-state index contributed by atoms with van der Waals surface area (Å²) in [4.78, 5) is 28.7. The summed E-state index contributed by atoms with van der Waals surface area (Å²) in [5, 5.41) is 11.2. The normalized spacial score (nSPS) is 21.5. The molecule has 2 atom stereocenters. The Morgan fingerprint density at radius 3 is 2.50 bits per heavy atom. The molecule has 1 fully saturated rings. The number of nitrogens with zero attached hydrogens (tertiary/aromatic N) is 2. The Kier molecular flexibility index (Phi) is 5.35. The third-order valence-electron chi connectivity index (χ3n) is 3.79. The molecule has 2 rings (SSSR count). The SMILES string of the molecule is CC1CC(C)CN(c2ccc(NC(=O)CCC(=O)O)cn2)C1. The van der Waals surface area contributed by atoms with E-state index < -0.39 is 5.97 Å². The van der Waals surface area contributed by atoms with Crippen molar-refractivity contribution in [2.45, 2.75) is 33.1 Å². The molecule has 6 nitrogen and oxygen atoms in total. The maximum atomic E-state index is 11.6. The second-order valence-corrected chi connectivity index (χ2v) is 6.20. The fourth-order valence-electron chi connectivity index (χ4n) is 2.94. The maximum Gasteiger partial charge on any atom is 0.303 e. The lowest BCUT2D eigenvalue weighted by atomic mass is 9.92. The summed E-state index contributed by atoms with van der Waals surface area (Å²) in [6, 6.07) is 3.71. The van der Waals surface area contributed by atoms with Gasteiger partial charge in [0.1, 0.15) is 5.82 Å². The minimum atomic E-state index is -0.975. The van der Waals surface area contributed by atoms with Crippen LogP contribution >= 0.6 is 0 Å². The van der Waals surface area contributed by atoms with Gasteiger partial charge < -0.3 is 15.3 Å². The standard InChI is InChI=1S/C16H23N3O3/c1-11-7-12(2)10-19(9-11)14-4-3-13(8-17-14)18-15(20)5-6-16(21)22/h3-4,8,11-12H,5-7,9-10H2,1-2H3,(H,18,20)(H,21,22). The van der Waals surface area contributed by atoms with Gasteiger partial charge in [0, 0.05) is 19.5 Å². The van der Waals surface area contributed by atoms with Crippen LogP contribution in [0.1, 0.15) is 33.1 Å². The predicted molar refractivity (Wildman–Crippen MR) is 84.9 cm³/mol. The molecule has 1 aromatic rings. The fraction of sp³-hybridized carbons (Fsp3) is 0.562. The number of carbonyl (C=O) groups excluding carboxylic acids is 1. The number of aliphatic carboxylic acids is 1. The second kappa shape index (κ2) is 7.24. The number of pyridine rings is 1. The molecule has 0 bridgehead atoms. The largest absolute Gasteiger partial charge is 0.481 e. The lowest BCUT2D eigenvalue weighted by Gasteiger charge is -2.35. The van der Waals surface area contributed by atoms with Crippen molar-refractivity contribution < 1.29 is 14.7 Å². The van der Waals surface area contributed by atoms with E-state index in [2.05, 4.69) is 29.0 Å². The molecule has 0 saturated carbocycles. The van der Waals surface area contributed by atoms with E-state index in [9.17, 15) is 9.59 Å². The number of aromatic nitrogens is 1. The van der Waals surface area contributed by atoms with Crippen molar-refractivity contribution in [2.24, 2.45) is 11.8 Å². The van der Waals surface area contributed by atoms with Crippen LogP contribution in [0.3, 0.4) is 0 Å². The van der Waals surface area contributed by atoms with Gasteiger partial charge in [-0.25, -0.2) is 4.98 Å². The van der Waals surface area contributed by atoms with Gasteiger partial charge in [0.25, 0.3) is 0 Å². The van der Waals surface area contributed by atoms with E-state index >= 15 is 0 Å². The number of anilines is 2. The monoisotopic (exact) mass is 305 g/mol. The summed E-state index contributed by atoms with van der Waals surface area (Å²) in [5.41, 5.74) is 0.595. The number of rotatable bonds is 5. The molecule has 1 aliphatic heterocycles. The van der Waals surface area contributed by atoms with Crippen LogP contribution in [0.2, 0.25) is 0 Å². The van der Waals surface area contributed by atoms with Crippen molar-refractivity contribution in [3.8, 4) is 0 Å². The van der Waals surface area contributed by atoms with E-state index in [4.69, 9.17) is 5.11 Å². The highest BCUT2D eigenvalue weighted by Crippen LogP contribution is 2.25. The van der Waals surface area contributed by atoms with Crippen LogP contribution in [0.4, 0.5) is 11.5 Å². The van der Waals surface area contributed by atoms with Crippen molar-refractivity contribution in [2.75, 3.05) is 23.3 Å². The first-order chi connectivity index (χ1) is 10.4. The fourth-order valence-corrected chi connectivity index (χ4v) is 2.94. The molecule has 2 unspecified atom stereocenters. The summed E-state index contributed by atoms with van der Waals surface area (Å²) >= 11 is 0. The molecule has 0 radical (unpaired) electrons. The molecule has 0 aromatic carbocycles. The Morgan fingerprint density at radius 2 is 1.95 bits per heavy atom. The lowest BCUT2D eigenvalue weighted by Crippen LogP contribution is -2.39. The third-order valence-corrected chi connectivity index (χ3v) is 3.79. The van der Waals surface area contributed by atoms with E-state index in [1.165, 1.54) is 6.42 Å². The molecule has 1 aromatic heterocycles. The maximum absolute atomic E-state index is 11.6. The topological polar surface area (TPSA) is 82.5 Å². The Morgan fingerprint density at radius 1 is 1.27 bits per heavy atom. The van der Waals surface area contributed by atoms with Crippen molar-refractivity contribution in [1.82, 2.24) is 4.98 Å². The molecule has 2 N–H and O–H groups in total. The number of carboxylic acids is 1. The molecule has 0 aliphatic carbocycles. The van der Waals surface area contributed by atoms with E-state index in [1.54, 1.807) is 6.20 Å². The number of carbonyl (C=O) groups is 2. The van der Waals surface area contributed by atoms with E-state index in [1.807, 2.05) is 12.1 Å². The predicted octanol–water partition coefficient (Wildman–Crippen LogP) is 2.37. The number of hydrogen-bond acceptors (Lipinski definition) is 4. The molecular weight excluding hydrogens is 282 g/mol. The van der Waals surface area contributed by atoms with Gasteiger partial charge in [0.2, 0.25) is 5.91 Å². The number of hydrogen-bond donors (Lipinski definition) is 2. The van der Waals surface area contributed by atoms with Crippen LogP contribution in [0.5, 0.6) is 0 Å². The Bertz CT molecular complexity index is 520. The molecule has 1 saturated heterocycles. The molecule has 1 aliphatic rings. The first kappa shape index (κ1) is 16.3. The van der Waals surface area contributed by atoms with Gasteiger partial charge in [-0.05, 0) is 30.4 Å². The number of nitrogens with one attached hydrogen (secondary N) is 1. The average Bonchev–Trinajstić information content (AvgIpc) is 2.45. The Labute approximate surface area is 130 Å². The number of carboxylic acid groups (broad SMARTS) is 1. The quantitative estimate of drug-likeness (QED) is 0.872. The molecule has 6 heteroatoms. The van der Waals surface area contributed by atoms with Crippen LogP contribution in [0.15, 0.2) is 18.3 Å². The Balaban J connectivity index is 1.92. The van der Waals surface area contributed by atoms with Crippen LogP contribution < -0.4 is 10.2 Å². The first-order valence-corrected chi connectivity index (χ1v) is 7.66. The highest BCUT2D eigenvalue weighted by atomic mass is 16.4. The van der Waals surface area contributed by atoms with Gasteiger partial charge in [-0.15, -0.1) is 0 Å². The van der Waals surface area contributed by atoms with E-state index in [-0.39, 0.29) is 18.7 Å². The summed E-state index contributed by atoms with van der Waals surface area (Å²) < 4.78 is 0. The number of amides is 1. The molecule has 120 valence electrons. The number of piperidine rings is 1.